The first-order chi connectivity index (χ1) is 14.8. The number of para-hydroxylation sites is 1. The Labute approximate surface area is 184 Å². The summed E-state index contributed by atoms with van der Waals surface area (Å²) in [6, 6.07) is 15.8. The number of rotatable bonds is 4. The third-order valence-electron chi connectivity index (χ3n) is 6.42. The Balaban J connectivity index is 1.56. The number of hydrogen-bond donors (Lipinski definition) is 1. The lowest BCUT2D eigenvalue weighted by molar-refractivity contribution is 0.0955. The van der Waals surface area contributed by atoms with Crippen LogP contribution >= 0.6 is 0 Å². The summed E-state index contributed by atoms with van der Waals surface area (Å²) in [6.07, 6.45) is 6.69. The number of aromatic nitrogens is 1. The van der Waals surface area contributed by atoms with Crippen molar-refractivity contribution in [2.24, 2.45) is 5.10 Å². The first kappa shape index (κ1) is 20.9. The summed E-state index contributed by atoms with van der Waals surface area (Å²) in [5.41, 5.74) is 9.01. The summed E-state index contributed by atoms with van der Waals surface area (Å²) in [5.74, 6) is 0.239. The maximum atomic E-state index is 12.8. The number of amides is 1. The van der Waals surface area contributed by atoms with Crippen LogP contribution in [0, 0.1) is 6.92 Å². The van der Waals surface area contributed by atoms with E-state index in [2.05, 4.69) is 62.3 Å². The molecule has 0 saturated heterocycles. The number of fused-ring (bicyclic) bond motifs is 1. The van der Waals surface area contributed by atoms with E-state index in [9.17, 15) is 4.79 Å². The number of nitrogens with one attached hydrogen (secondary N) is 1. The highest BCUT2D eigenvalue weighted by molar-refractivity contribution is 5.98. The molecular formula is C26H30N4O. The molecule has 0 unspecified atom stereocenters. The lowest BCUT2D eigenvalue weighted by Crippen LogP contribution is -2.45. The van der Waals surface area contributed by atoms with E-state index in [0.29, 0.717) is 11.5 Å². The quantitative estimate of drug-likeness (QED) is 0.467. The number of carbonyl (C=O) groups is 1. The zero-order valence-electron chi connectivity index (χ0n) is 18.9. The van der Waals surface area contributed by atoms with Crippen LogP contribution in [0.3, 0.4) is 0 Å². The van der Waals surface area contributed by atoms with Crippen LogP contribution in [0.1, 0.15) is 60.2 Å². The number of carbonyl (C=O) groups excluding carboxylic acids is 1. The molecular weight excluding hydrogens is 384 g/mol. The molecule has 0 fully saturated rings. The SMILES string of the molecule is Cc1cc2c(cc1/C=N\NC(=O)c1ccccc1-n1cccc1)[C@H](C)CC(C)(C)N2C. The molecule has 1 atom stereocenters. The Morgan fingerprint density at radius 1 is 1.13 bits per heavy atom. The van der Waals surface area contributed by atoms with Gasteiger partial charge in [0.25, 0.3) is 5.91 Å². The van der Waals surface area contributed by atoms with Gasteiger partial charge in [0.15, 0.2) is 0 Å². The van der Waals surface area contributed by atoms with E-state index in [1.165, 1.54) is 11.3 Å². The van der Waals surface area contributed by atoms with E-state index in [1.54, 1.807) is 6.21 Å². The number of hydrogen-bond acceptors (Lipinski definition) is 3. The summed E-state index contributed by atoms with van der Waals surface area (Å²) in [4.78, 5) is 15.2. The Bertz CT molecular complexity index is 1130. The molecule has 1 aromatic heterocycles. The molecule has 3 aromatic rings. The fraction of sp³-hybridized carbons (Fsp3) is 0.308. The van der Waals surface area contributed by atoms with Gasteiger partial charge >= 0.3 is 0 Å². The maximum absolute atomic E-state index is 12.8. The zero-order chi connectivity index (χ0) is 22.2. The molecule has 5 heteroatoms. The highest BCUT2D eigenvalue weighted by Crippen LogP contribution is 2.43. The number of aryl methyl sites for hydroxylation is 1. The Morgan fingerprint density at radius 3 is 2.58 bits per heavy atom. The summed E-state index contributed by atoms with van der Waals surface area (Å²) in [5, 5.41) is 4.28. The van der Waals surface area contributed by atoms with Crippen molar-refractivity contribution in [3.63, 3.8) is 0 Å². The van der Waals surface area contributed by atoms with Crippen LogP contribution in [0.25, 0.3) is 5.69 Å². The van der Waals surface area contributed by atoms with Crippen molar-refractivity contribution in [2.45, 2.75) is 45.6 Å². The molecule has 1 N–H and O–H groups in total. The van der Waals surface area contributed by atoms with Gasteiger partial charge in [-0.25, -0.2) is 5.43 Å². The van der Waals surface area contributed by atoms with Crippen LogP contribution in [0.4, 0.5) is 5.69 Å². The van der Waals surface area contributed by atoms with Crippen LogP contribution in [-0.2, 0) is 0 Å². The normalized spacial score (nSPS) is 17.6. The minimum Gasteiger partial charge on any atom is -0.369 e. The van der Waals surface area contributed by atoms with Gasteiger partial charge in [-0.2, -0.15) is 5.10 Å². The van der Waals surface area contributed by atoms with E-state index in [1.807, 2.05) is 53.4 Å². The zero-order valence-corrected chi connectivity index (χ0v) is 18.9. The number of nitrogens with zero attached hydrogens (tertiary/aromatic N) is 3. The predicted octanol–water partition coefficient (Wildman–Crippen LogP) is 5.27. The molecule has 5 nitrogen and oxygen atoms in total. The highest BCUT2D eigenvalue weighted by atomic mass is 16.2. The van der Waals surface area contributed by atoms with E-state index < -0.39 is 0 Å². The van der Waals surface area contributed by atoms with Crippen molar-refractivity contribution >= 4 is 17.8 Å². The maximum Gasteiger partial charge on any atom is 0.273 e. The monoisotopic (exact) mass is 414 g/mol. The van der Waals surface area contributed by atoms with Gasteiger partial charge in [-0.3, -0.25) is 4.79 Å². The fourth-order valence-electron chi connectivity index (χ4n) is 4.48. The van der Waals surface area contributed by atoms with E-state index in [0.717, 1.165) is 23.2 Å². The lowest BCUT2D eigenvalue weighted by atomic mass is 9.79. The molecule has 1 aliphatic heterocycles. The Hall–Kier alpha value is -3.34. The predicted molar refractivity (Wildman–Crippen MR) is 128 cm³/mol. The average molecular weight is 415 g/mol. The average Bonchev–Trinajstić information content (AvgIpc) is 3.27. The number of benzene rings is 2. The second-order valence-corrected chi connectivity index (χ2v) is 9.05. The first-order valence-corrected chi connectivity index (χ1v) is 10.7. The molecule has 31 heavy (non-hydrogen) atoms. The largest absolute Gasteiger partial charge is 0.369 e. The topological polar surface area (TPSA) is 49.6 Å². The van der Waals surface area contributed by atoms with Gasteiger partial charge in [-0.1, -0.05) is 19.1 Å². The highest BCUT2D eigenvalue weighted by Gasteiger charge is 2.34. The minimum atomic E-state index is -0.231. The summed E-state index contributed by atoms with van der Waals surface area (Å²) in [7, 11) is 2.17. The minimum absolute atomic E-state index is 0.134. The molecule has 160 valence electrons. The van der Waals surface area contributed by atoms with Crippen molar-refractivity contribution in [3.8, 4) is 5.69 Å². The Kier molecular flexibility index (Phi) is 5.44. The van der Waals surface area contributed by atoms with Crippen molar-refractivity contribution in [2.75, 3.05) is 11.9 Å². The molecule has 1 aliphatic rings. The standard InChI is InChI=1S/C26H30N4O/c1-18-14-24-22(19(2)16-26(3,4)29(24)5)15-20(18)17-27-28-25(31)21-10-6-7-11-23(21)30-12-8-9-13-30/h6-15,17,19H,16H2,1-5H3,(H,28,31)/b27-17-/t19-/m1/s1. The van der Waals surface area contributed by atoms with Crippen LogP contribution in [-0.4, -0.2) is 29.3 Å². The molecule has 0 aliphatic carbocycles. The molecule has 2 aromatic carbocycles. The van der Waals surface area contributed by atoms with Crippen molar-refractivity contribution in [1.29, 1.82) is 0 Å². The van der Waals surface area contributed by atoms with Gasteiger partial charge in [0.05, 0.1) is 17.5 Å². The van der Waals surface area contributed by atoms with E-state index in [-0.39, 0.29) is 11.4 Å². The van der Waals surface area contributed by atoms with E-state index >= 15 is 0 Å². The fourth-order valence-corrected chi connectivity index (χ4v) is 4.48. The van der Waals surface area contributed by atoms with Crippen molar-refractivity contribution in [1.82, 2.24) is 9.99 Å². The second-order valence-electron chi connectivity index (χ2n) is 9.05. The lowest BCUT2D eigenvalue weighted by Gasteiger charge is -2.45. The second kappa shape index (κ2) is 8.06. The van der Waals surface area contributed by atoms with Gasteiger partial charge in [-0.15, -0.1) is 0 Å². The van der Waals surface area contributed by atoms with Gasteiger partial charge in [-0.05, 0) is 86.2 Å². The van der Waals surface area contributed by atoms with Crippen LogP contribution in [0.2, 0.25) is 0 Å². The summed E-state index contributed by atoms with van der Waals surface area (Å²) >= 11 is 0. The first-order valence-electron chi connectivity index (χ1n) is 10.7. The molecule has 1 amide bonds. The smallest absolute Gasteiger partial charge is 0.273 e. The third-order valence-corrected chi connectivity index (χ3v) is 6.42. The van der Waals surface area contributed by atoms with Gasteiger partial charge in [0.2, 0.25) is 0 Å². The summed E-state index contributed by atoms with van der Waals surface area (Å²) in [6.45, 7) is 8.95. The molecule has 0 saturated carbocycles. The number of hydrazone groups is 1. The van der Waals surface area contributed by atoms with E-state index in [4.69, 9.17) is 0 Å². The van der Waals surface area contributed by atoms with Crippen LogP contribution < -0.4 is 10.3 Å². The molecule has 0 radical (unpaired) electrons. The molecule has 0 bridgehead atoms. The molecule has 0 spiro atoms. The summed E-state index contributed by atoms with van der Waals surface area (Å²) < 4.78 is 1.92. The van der Waals surface area contributed by atoms with Crippen molar-refractivity contribution < 1.29 is 4.79 Å². The number of anilines is 1. The van der Waals surface area contributed by atoms with Crippen LogP contribution in [0.15, 0.2) is 66.0 Å². The molecule has 2 heterocycles. The van der Waals surface area contributed by atoms with Crippen molar-refractivity contribution in [3.05, 3.63) is 83.2 Å². The van der Waals surface area contributed by atoms with Gasteiger partial charge in [0.1, 0.15) is 0 Å². The van der Waals surface area contributed by atoms with Gasteiger partial charge < -0.3 is 9.47 Å². The third kappa shape index (κ3) is 4.00. The van der Waals surface area contributed by atoms with Crippen LogP contribution in [0.5, 0.6) is 0 Å². The van der Waals surface area contributed by atoms with Gasteiger partial charge in [0, 0.05) is 30.7 Å². The molecule has 4 rings (SSSR count). The Morgan fingerprint density at radius 2 is 1.84 bits per heavy atom.